The van der Waals surface area contributed by atoms with Gasteiger partial charge in [0, 0.05) is 32.0 Å². The van der Waals surface area contributed by atoms with E-state index in [-0.39, 0.29) is 23.6 Å². The van der Waals surface area contributed by atoms with Gasteiger partial charge in [0.2, 0.25) is 11.8 Å². The number of ether oxygens (including phenoxy) is 2. The van der Waals surface area contributed by atoms with Crippen LogP contribution >= 0.6 is 0 Å². The average Bonchev–Trinajstić information content (AvgIpc) is 3.31. The summed E-state index contributed by atoms with van der Waals surface area (Å²) in [6.45, 7) is 1.27. The number of likely N-dealkylation sites (N-methyl/N-ethyl adjacent to an activating group) is 1. The van der Waals surface area contributed by atoms with E-state index >= 15 is 0 Å². The number of methoxy groups -OCH3 is 1. The smallest absolute Gasteiger partial charge is 0.222 e. The highest BCUT2D eigenvalue weighted by molar-refractivity contribution is 5.80. The van der Waals surface area contributed by atoms with Crippen molar-refractivity contribution >= 4 is 11.8 Å². The molecule has 27 heavy (non-hydrogen) atoms. The Balaban J connectivity index is 1.67. The number of amides is 2. The molecule has 2 fully saturated rings. The van der Waals surface area contributed by atoms with Crippen molar-refractivity contribution in [2.75, 3.05) is 27.4 Å². The van der Waals surface area contributed by atoms with Crippen LogP contribution < -0.4 is 10.1 Å². The van der Waals surface area contributed by atoms with Gasteiger partial charge in [-0.1, -0.05) is 6.07 Å². The summed E-state index contributed by atoms with van der Waals surface area (Å²) in [6.07, 6.45) is 3.41. The van der Waals surface area contributed by atoms with Crippen LogP contribution in [0.2, 0.25) is 0 Å². The monoisotopic (exact) mass is 378 g/mol. The summed E-state index contributed by atoms with van der Waals surface area (Å²) in [4.78, 5) is 26.3. The van der Waals surface area contributed by atoms with E-state index in [9.17, 15) is 14.0 Å². The number of rotatable bonds is 7. The lowest BCUT2D eigenvalue weighted by atomic mass is 9.84. The van der Waals surface area contributed by atoms with E-state index in [1.807, 2.05) is 7.05 Å². The summed E-state index contributed by atoms with van der Waals surface area (Å²) in [5.41, 5.74) is 0.392. The molecule has 0 saturated carbocycles. The average molecular weight is 378 g/mol. The second kappa shape index (κ2) is 8.25. The van der Waals surface area contributed by atoms with E-state index in [0.717, 1.165) is 12.0 Å². The molecule has 2 aliphatic rings. The first-order chi connectivity index (χ1) is 12.9. The zero-order chi connectivity index (χ0) is 19.4. The number of halogens is 1. The Hall–Kier alpha value is -2.15. The highest BCUT2D eigenvalue weighted by Crippen LogP contribution is 2.31. The zero-order valence-corrected chi connectivity index (χ0v) is 15.9. The highest BCUT2D eigenvalue weighted by Gasteiger charge is 2.38. The van der Waals surface area contributed by atoms with Gasteiger partial charge in [-0.15, -0.1) is 0 Å². The number of nitrogens with one attached hydrogen (secondary N) is 1. The zero-order valence-electron chi connectivity index (χ0n) is 15.9. The molecule has 0 spiro atoms. The minimum absolute atomic E-state index is 0.00549. The SMILES string of the molecule is COc1cc(CC2(CCC(=O)N(C)C3CCOC3)CCC(=O)N2)ccc1F. The minimum atomic E-state index is -0.484. The molecular formula is C20H27FN2O4. The summed E-state index contributed by atoms with van der Waals surface area (Å²) in [6, 6.07) is 4.87. The molecule has 0 bridgehead atoms. The molecule has 1 aromatic rings. The van der Waals surface area contributed by atoms with Crippen molar-refractivity contribution in [3.8, 4) is 5.75 Å². The standard InChI is InChI=1S/C20H27FN2O4/c1-23(15-7-10-27-13-15)19(25)6-9-20(8-5-18(24)22-20)12-14-3-4-16(21)17(11-14)26-2/h3-4,11,15H,5-10,12-13H2,1-2H3,(H,22,24). The summed E-state index contributed by atoms with van der Waals surface area (Å²) in [5.74, 6) is -0.179. The van der Waals surface area contributed by atoms with E-state index in [1.54, 1.807) is 17.0 Å². The van der Waals surface area contributed by atoms with Crippen LogP contribution in [0.15, 0.2) is 18.2 Å². The van der Waals surface area contributed by atoms with E-state index in [1.165, 1.54) is 13.2 Å². The van der Waals surface area contributed by atoms with Gasteiger partial charge >= 0.3 is 0 Å². The first-order valence-electron chi connectivity index (χ1n) is 9.39. The summed E-state index contributed by atoms with van der Waals surface area (Å²) in [5, 5.41) is 3.06. The molecule has 2 atom stereocenters. The Morgan fingerprint density at radius 3 is 2.93 bits per heavy atom. The Morgan fingerprint density at radius 2 is 2.30 bits per heavy atom. The Morgan fingerprint density at radius 1 is 1.48 bits per heavy atom. The number of hydrogen-bond donors (Lipinski definition) is 1. The van der Waals surface area contributed by atoms with E-state index in [0.29, 0.717) is 45.3 Å². The number of nitrogens with zero attached hydrogens (tertiary/aromatic N) is 1. The fraction of sp³-hybridized carbons (Fsp3) is 0.600. The van der Waals surface area contributed by atoms with Gasteiger partial charge in [0.15, 0.2) is 11.6 Å². The van der Waals surface area contributed by atoms with E-state index in [4.69, 9.17) is 9.47 Å². The molecule has 148 valence electrons. The van der Waals surface area contributed by atoms with Crippen LogP contribution in [-0.4, -0.2) is 55.7 Å². The number of carbonyl (C=O) groups excluding carboxylic acids is 2. The summed E-state index contributed by atoms with van der Waals surface area (Å²) < 4.78 is 24.1. The molecule has 0 aliphatic carbocycles. The predicted octanol–water partition coefficient (Wildman–Crippen LogP) is 2.05. The van der Waals surface area contributed by atoms with Crippen molar-refractivity contribution in [1.29, 1.82) is 0 Å². The van der Waals surface area contributed by atoms with E-state index in [2.05, 4.69) is 5.32 Å². The molecule has 1 N–H and O–H groups in total. The third-order valence-electron chi connectivity index (χ3n) is 5.66. The van der Waals surface area contributed by atoms with Crippen molar-refractivity contribution in [1.82, 2.24) is 10.2 Å². The predicted molar refractivity (Wildman–Crippen MR) is 98.0 cm³/mol. The van der Waals surface area contributed by atoms with Crippen molar-refractivity contribution < 1.29 is 23.5 Å². The maximum atomic E-state index is 13.7. The van der Waals surface area contributed by atoms with E-state index < -0.39 is 11.4 Å². The van der Waals surface area contributed by atoms with Gasteiger partial charge in [-0.05, 0) is 43.4 Å². The Bertz CT molecular complexity index is 705. The molecular weight excluding hydrogens is 351 g/mol. The molecule has 1 aromatic carbocycles. The van der Waals surface area contributed by atoms with Crippen LogP contribution in [0.1, 0.15) is 37.7 Å². The van der Waals surface area contributed by atoms with Gasteiger partial charge in [-0.2, -0.15) is 0 Å². The van der Waals surface area contributed by atoms with Gasteiger partial charge in [0.25, 0.3) is 0 Å². The molecule has 0 radical (unpaired) electrons. The lowest BCUT2D eigenvalue weighted by Gasteiger charge is -2.31. The third-order valence-corrected chi connectivity index (χ3v) is 5.66. The minimum Gasteiger partial charge on any atom is -0.494 e. The van der Waals surface area contributed by atoms with Crippen molar-refractivity contribution in [3.05, 3.63) is 29.6 Å². The Labute approximate surface area is 159 Å². The molecule has 2 saturated heterocycles. The first kappa shape index (κ1) is 19.6. The van der Waals surface area contributed by atoms with Crippen molar-refractivity contribution in [3.63, 3.8) is 0 Å². The molecule has 0 aromatic heterocycles. The number of benzene rings is 1. The Kier molecular flexibility index (Phi) is 5.99. The summed E-state index contributed by atoms with van der Waals surface area (Å²) >= 11 is 0. The van der Waals surface area contributed by atoms with Gasteiger partial charge in [-0.25, -0.2) is 4.39 Å². The fourth-order valence-corrected chi connectivity index (χ4v) is 3.94. The lowest BCUT2D eigenvalue weighted by molar-refractivity contribution is -0.132. The topological polar surface area (TPSA) is 67.9 Å². The van der Waals surface area contributed by atoms with Gasteiger partial charge in [0.05, 0.1) is 19.8 Å². The normalized spacial score (nSPS) is 24.7. The van der Waals surface area contributed by atoms with Crippen LogP contribution in [0, 0.1) is 5.82 Å². The van der Waals surface area contributed by atoms with Gasteiger partial charge in [-0.3, -0.25) is 9.59 Å². The van der Waals surface area contributed by atoms with Gasteiger partial charge < -0.3 is 19.7 Å². The van der Waals surface area contributed by atoms with Crippen LogP contribution in [0.25, 0.3) is 0 Å². The molecule has 2 heterocycles. The molecule has 2 amide bonds. The first-order valence-corrected chi connectivity index (χ1v) is 9.39. The molecule has 2 unspecified atom stereocenters. The van der Waals surface area contributed by atoms with Crippen LogP contribution in [0.4, 0.5) is 4.39 Å². The van der Waals surface area contributed by atoms with Crippen LogP contribution in [-0.2, 0) is 20.7 Å². The van der Waals surface area contributed by atoms with Crippen LogP contribution in [0.3, 0.4) is 0 Å². The van der Waals surface area contributed by atoms with Crippen molar-refractivity contribution in [2.45, 2.75) is 50.1 Å². The number of hydrogen-bond acceptors (Lipinski definition) is 4. The molecule has 3 rings (SSSR count). The second-order valence-corrected chi connectivity index (χ2v) is 7.50. The highest BCUT2D eigenvalue weighted by atomic mass is 19.1. The molecule has 6 nitrogen and oxygen atoms in total. The summed E-state index contributed by atoms with van der Waals surface area (Å²) in [7, 11) is 3.24. The van der Waals surface area contributed by atoms with Gasteiger partial charge in [0.1, 0.15) is 0 Å². The molecule has 7 heteroatoms. The maximum Gasteiger partial charge on any atom is 0.222 e. The third kappa shape index (κ3) is 4.58. The quantitative estimate of drug-likeness (QED) is 0.789. The number of carbonyl (C=O) groups is 2. The largest absolute Gasteiger partial charge is 0.494 e. The molecule has 2 aliphatic heterocycles. The van der Waals surface area contributed by atoms with Crippen LogP contribution in [0.5, 0.6) is 5.75 Å². The second-order valence-electron chi connectivity index (χ2n) is 7.50. The fourth-order valence-electron chi connectivity index (χ4n) is 3.94. The van der Waals surface area contributed by atoms with Crippen molar-refractivity contribution in [2.24, 2.45) is 0 Å². The lowest BCUT2D eigenvalue weighted by Crippen LogP contribution is -2.45. The maximum absolute atomic E-state index is 13.7.